The molecule has 2 heterocycles. The molecule has 1 aliphatic heterocycles. The van der Waals surface area contributed by atoms with E-state index in [1.165, 1.54) is 12.1 Å². The maximum atomic E-state index is 11.6. The second-order valence-corrected chi connectivity index (χ2v) is 3.50. The minimum atomic E-state index is -0.865. The number of hydrogen-bond donors (Lipinski definition) is 2. The number of nitrogens with zero attached hydrogens (tertiary/aromatic N) is 2. The standard InChI is InChI=1S/C10H9N3O5/c14-8-3-4-9(15)13(8)18-10(16)6-1-2-7(12-17)11-5-6/h1-2,5,17H,3-4H2,(H,11,12). The first-order valence-electron chi connectivity index (χ1n) is 5.06. The van der Waals surface area contributed by atoms with E-state index in [1.54, 1.807) is 5.48 Å². The minimum absolute atomic E-state index is 0.0394. The first-order chi connectivity index (χ1) is 8.61. The zero-order chi connectivity index (χ0) is 13.1. The van der Waals surface area contributed by atoms with Crippen molar-refractivity contribution in [2.45, 2.75) is 12.8 Å². The Morgan fingerprint density at radius 2 is 2.00 bits per heavy atom. The molecule has 1 aromatic heterocycles. The number of amides is 2. The molecule has 0 bridgehead atoms. The first-order valence-corrected chi connectivity index (χ1v) is 5.06. The van der Waals surface area contributed by atoms with Gasteiger partial charge >= 0.3 is 5.97 Å². The topological polar surface area (TPSA) is 109 Å². The van der Waals surface area contributed by atoms with Crippen molar-refractivity contribution < 1.29 is 24.4 Å². The van der Waals surface area contributed by atoms with Gasteiger partial charge in [0.15, 0.2) is 0 Å². The SMILES string of the molecule is O=C(ON1C(=O)CCC1=O)c1ccc(NO)nc1. The number of nitrogens with one attached hydrogen (secondary N) is 1. The molecule has 0 atom stereocenters. The average molecular weight is 251 g/mol. The van der Waals surface area contributed by atoms with Gasteiger partial charge in [0.25, 0.3) is 11.8 Å². The van der Waals surface area contributed by atoms with Crippen LogP contribution in [0.1, 0.15) is 23.2 Å². The number of hydroxylamine groups is 2. The van der Waals surface area contributed by atoms with E-state index in [0.29, 0.717) is 5.06 Å². The highest BCUT2D eigenvalue weighted by Gasteiger charge is 2.33. The summed E-state index contributed by atoms with van der Waals surface area (Å²) < 4.78 is 0. The van der Waals surface area contributed by atoms with E-state index in [-0.39, 0.29) is 24.2 Å². The van der Waals surface area contributed by atoms with Gasteiger partial charge in [0.05, 0.1) is 5.56 Å². The van der Waals surface area contributed by atoms with Crippen LogP contribution in [0.2, 0.25) is 0 Å². The highest BCUT2D eigenvalue weighted by Crippen LogP contribution is 2.14. The van der Waals surface area contributed by atoms with Gasteiger partial charge in [0.1, 0.15) is 5.82 Å². The normalized spacial score (nSPS) is 14.8. The summed E-state index contributed by atoms with van der Waals surface area (Å²) in [6.45, 7) is 0. The monoisotopic (exact) mass is 251 g/mol. The van der Waals surface area contributed by atoms with Gasteiger partial charge in [-0.1, -0.05) is 0 Å². The molecule has 18 heavy (non-hydrogen) atoms. The zero-order valence-corrected chi connectivity index (χ0v) is 9.12. The molecule has 0 unspecified atom stereocenters. The molecule has 0 aromatic carbocycles. The largest absolute Gasteiger partial charge is 0.365 e. The third-order valence-corrected chi connectivity index (χ3v) is 2.29. The Morgan fingerprint density at radius 1 is 1.33 bits per heavy atom. The molecule has 1 aliphatic rings. The Balaban J connectivity index is 2.07. The van der Waals surface area contributed by atoms with E-state index in [0.717, 1.165) is 6.20 Å². The zero-order valence-electron chi connectivity index (χ0n) is 9.12. The predicted molar refractivity (Wildman–Crippen MR) is 56.1 cm³/mol. The van der Waals surface area contributed by atoms with Crippen LogP contribution in [0.15, 0.2) is 18.3 Å². The lowest BCUT2D eigenvalue weighted by molar-refractivity contribution is -0.172. The molecule has 1 saturated heterocycles. The summed E-state index contributed by atoms with van der Waals surface area (Å²) in [7, 11) is 0. The lowest BCUT2D eigenvalue weighted by Crippen LogP contribution is -2.32. The summed E-state index contributed by atoms with van der Waals surface area (Å²) in [4.78, 5) is 42.4. The fourth-order valence-electron chi connectivity index (χ4n) is 1.37. The van der Waals surface area contributed by atoms with Gasteiger partial charge in [-0.3, -0.25) is 20.3 Å². The molecule has 8 nitrogen and oxygen atoms in total. The molecule has 0 saturated carbocycles. The number of carbonyl (C=O) groups excluding carboxylic acids is 3. The van der Waals surface area contributed by atoms with Crippen LogP contribution in [-0.4, -0.2) is 33.0 Å². The lowest BCUT2D eigenvalue weighted by atomic mass is 10.3. The molecule has 0 radical (unpaired) electrons. The molecule has 1 aromatic rings. The predicted octanol–water partition coefficient (Wildman–Crippen LogP) is 0.103. The van der Waals surface area contributed by atoms with E-state index in [2.05, 4.69) is 9.82 Å². The van der Waals surface area contributed by atoms with Crippen LogP contribution in [0.4, 0.5) is 5.82 Å². The summed E-state index contributed by atoms with van der Waals surface area (Å²) >= 11 is 0. The summed E-state index contributed by atoms with van der Waals surface area (Å²) in [6, 6.07) is 2.67. The van der Waals surface area contributed by atoms with Crippen molar-refractivity contribution in [3.05, 3.63) is 23.9 Å². The molecule has 2 N–H and O–H groups in total. The minimum Gasteiger partial charge on any atom is -0.325 e. The Labute approximate surface area is 101 Å². The van der Waals surface area contributed by atoms with Crippen LogP contribution >= 0.6 is 0 Å². The maximum absolute atomic E-state index is 11.6. The van der Waals surface area contributed by atoms with Crippen molar-refractivity contribution in [2.24, 2.45) is 0 Å². The smallest absolute Gasteiger partial charge is 0.325 e. The van der Waals surface area contributed by atoms with Crippen LogP contribution in [0.5, 0.6) is 0 Å². The second-order valence-electron chi connectivity index (χ2n) is 3.50. The Bertz CT molecular complexity index is 483. The van der Waals surface area contributed by atoms with Crippen molar-refractivity contribution in [3.63, 3.8) is 0 Å². The van der Waals surface area contributed by atoms with E-state index in [1.807, 2.05) is 0 Å². The fourth-order valence-corrected chi connectivity index (χ4v) is 1.37. The van der Waals surface area contributed by atoms with E-state index in [9.17, 15) is 14.4 Å². The van der Waals surface area contributed by atoms with Gasteiger partial charge in [0, 0.05) is 19.0 Å². The van der Waals surface area contributed by atoms with Gasteiger partial charge in [-0.05, 0) is 12.1 Å². The van der Waals surface area contributed by atoms with Crippen LogP contribution in [0.25, 0.3) is 0 Å². The number of carbonyl (C=O) groups is 3. The van der Waals surface area contributed by atoms with Gasteiger partial charge in [-0.25, -0.2) is 9.78 Å². The number of hydrogen-bond acceptors (Lipinski definition) is 7. The molecular weight excluding hydrogens is 242 g/mol. The summed E-state index contributed by atoms with van der Waals surface area (Å²) in [6.07, 6.45) is 1.22. The molecule has 1 fully saturated rings. The fraction of sp³-hybridized carbons (Fsp3) is 0.200. The summed E-state index contributed by atoms with van der Waals surface area (Å²) in [5, 5.41) is 9.00. The van der Waals surface area contributed by atoms with E-state index in [4.69, 9.17) is 5.21 Å². The van der Waals surface area contributed by atoms with Crippen molar-refractivity contribution in [1.29, 1.82) is 0 Å². The Morgan fingerprint density at radius 3 is 2.50 bits per heavy atom. The van der Waals surface area contributed by atoms with Gasteiger partial charge < -0.3 is 4.84 Å². The van der Waals surface area contributed by atoms with E-state index >= 15 is 0 Å². The molecule has 2 amide bonds. The Hall–Kier alpha value is -2.48. The molecular formula is C10H9N3O5. The molecule has 0 spiro atoms. The molecule has 8 heteroatoms. The maximum Gasteiger partial charge on any atom is 0.365 e. The quantitative estimate of drug-likeness (QED) is 0.579. The third kappa shape index (κ3) is 2.28. The van der Waals surface area contributed by atoms with Gasteiger partial charge in [-0.15, -0.1) is 5.06 Å². The summed E-state index contributed by atoms with van der Waals surface area (Å²) in [5.74, 6) is -1.81. The van der Waals surface area contributed by atoms with Crippen molar-refractivity contribution >= 4 is 23.6 Å². The average Bonchev–Trinajstić information content (AvgIpc) is 2.70. The van der Waals surface area contributed by atoms with Crippen LogP contribution in [-0.2, 0) is 14.4 Å². The van der Waals surface area contributed by atoms with Gasteiger partial charge in [0.2, 0.25) is 0 Å². The second kappa shape index (κ2) is 4.80. The number of aromatic nitrogens is 1. The highest BCUT2D eigenvalue weighted by molar-refractivity contribution is 6.02. The van der Waals surface area contributed by atoms with Crippen LogP contribution in [0, 0.1) is 0 Å². The van der Waals surface area contributed by atoms with Crippen molar-refractivity contribution in [3.8, 4) is 0 Å². The molecule has 2 rings (SSSR count). The number of pyridine rings is 1. The number of imide groups is 1. The molecule has 0 aliphatic carbocycles. The van der Waals surface area contributed by atoms with Crippen molar-refractivity contribution in [2.75, 3.05) is 5.48 Å². The third-order valence-electron chi connectivity index (χ3n) is 2.29. The first kappa shape index (κ1) is 12.0. The van der Waals surface area contributed by atoms with Crippen molar-refractivity contribution in [1.82, 2.24) is 10.0 Å². The lowest BCUT2D eigenvalue weighted by Gasteiger charge is -2.12. The van der Waals surface area contributed by atoms with Gasteiger partial charge in [-0.2, -0.15) is 0 Å². The van der Waals surface area contributed by atoms with Crippen LogP contribution < -0.4 is 5.48 Å². The highest BCUT2D eigenvalue weighted by atomic mass is 16.7. The number of rotatable bonds is 3. The summed E-state index contributed by atoms with van der Waals surface area (Å²) in [5.41, 5.74) is 1.86. The van der Waals surface area contributed by atoms with Crippen LogP contribution in [0.3, 0.4) is 0 Å². The molecule has 94 valence electrons. The number of anilines is 1. The Kier molecular flexibility index (Phi) is 3.20. The van der Waals surface area contributed by atoms with E-state index < -0.39 is 17.8 Å².